The molecule has 0 fully saturated rings. The van der Waals surface area contributed by atoms with Crippen LogP contribution in [0.3, 0.4) is 0 Å². The molecule has 0 saturated carbocycles. The van der Waals surface area contributed by atoms with Crippen LogP contribution in [0.2, 0.25) is 0 Å². The zero-order chi connectivity index (χ0) is 12.1. The van der Waals surface area contributed by atoms with E-state index >= 15 is 0 Å². The average Bonchev–Trinajstić information content (AvgIpc) is 2.76. The van der Waals surface area contributed by atoms with E-state index in [-0.39, 0.29) is 0 Å². The van der Waals surface area contributed by atoms with E-state index in [1.165, 1.54) is 11.3 Å². The van der Waals surface area contributed by atoms with Crippen molar-refractivity contribution in [1.29, 1.82) is 0 Å². The molecule has 1 aromatic heterocycles. The SMILES string of the molecule is C/C(=N/OCc1csc(N)n1)c1ccccc1. The number of rotatable bonds is 4. The summed E-state index contributed by atoms with van der Waals surface area (Å²) in [5.74, 6) is 0. The molecule has 0 aliphatic heterocycles. The third kappa shape index (κ3) is 3.29. The Hall–Kier alpha value is -1.88. The predicted octanol–water partition coefficient (Wildman–Crippen LogP) is 2.67. The summed E-state index contributed by atoms with van der Waals surface area (Å²) in [7, 11) is 0. The molecule has 0 unspecified atom stereocenters. The summed E-state index contributed by atoms with van der Waals surface area (Å²) in [5.41, 5.74) is 8.21. The minimum Gasteiger partial charge on any atom is -0.389 e. The molecule has 5 heteroatoms. The Labute approximate surface area is 104 Å². The van der Waals surface area contributed by atoms with E-state index in [0.29, 0.717) is 11.7 Å². The van der Waals surface area contributed by atoms with Gasteiger partial charge in [-0.05, 0) is 12.5 Å². The Balaban J connectivity index is 1.93. The fraction of sp³-hybridized carbons (Fsp3) is 0.167. The normalized spacial score (nSPS) is 11.5. The molecule has 17 heavy (non-hydrogen) atoms. The quantitative estimate of drug-likeness (QED) is 0.667. The molecule has 1 aromatic carbocycles. The van der Waals surface area contributed by atoms with Gasteiger partial charge in [0, 0.05) is 5.38 Å². The number of nitrogens with zero attached hydrogens (tertiary/aromatic N) is 2. The fourth-order valence-corrected chi connectivity index (χ4v) is 1.86. The zero-order valence-electron chi connectivity index (χ0n) is 9.46. The van der Waals surface area contributed by atoms with Crippen molar-refractivity contribution in [2.45, 2.75) is 13.5 Å². The molecule has 0 bridgehead atoms. The first-order valence-corrected chi connectivity index (χ1v) is 6.05. The van der Waals surface area contributed by atoms with E-state index in [4.69, 9.17) is 10.6 Å². The Bertz CT molecular complexity index is 507. The van der Waals surface area contributed by atoms with Gasteiger partial charge in [-0.3, -0.25) is 0 Å². The molecule has 1 heterocycles. The highest BCUT2D eigenvalue weighted by Crippen LogP contribution is 2.12. The van der Waals surface area contributed by atoms with Crippen LogP contribution in [0.25, 0.3) is 0 Å². The summed E-state index contributed by atoms with van der Waals surface area (Å²) in [5, 5.41) is 6.45. The molecule has 88 valence electrons. The van der Waals surface area contributed by atoms with E-state index in [1.807, 2.05) is 42.6 Å². The van der Waals surface area contributed by atoms with Crippen LogP contribution in [-0.2, 0) is 11.4 Å². The van der Waals surface area contributed by atoms with Crippen molar-refractivity contribution >= 4 is 22.2 Å². The highest BCUT2D eigenvalue weighted by atomic mass is 32.1. The van der Waals surface area contributed by atoms with Gasteiger partial charge in [-0.15, -0.1) is 11.3 Å². The Kier molecular flexibility index (Phi) is 3.72. The lowest BCUT2D eigenvalue weighted by Crippen LogP contribution is -1.96. The monoisotopic (exact) mass is 247 g/mol. The Morgan fingerprint density at radius 1 is 1.41 bits per heavy atom. The van der Waals surface area contributed by atoms with Crippen LogP contribution in [0.4, 0.5) is 5.13 Å². The van der Waals surface area contributed by atoms with Crippen molar-refractivity contribution in [2.24, 2.45) is 5.16 Å². The van der Waals surface area contributed by atoms with Gasteiger partial charge in [0.05, 0.1) is 11.4 Å². The van der Waals surface area contributed by atoms with E-state index in [0.717, 1.165) is 17.0 Å². The third-order valence-corrected chi connectivity index (χ3v) is 2.90. The van der Waals surface area contributed by atoms with Gasteiger partial charge in [-0.1, -0.05) is 35.5 Å². The lowest BCUT2D eigenvalue weighted by atomic mass is 10.1. The number of thiazole rings is 1. The number of aromatic nitrogens is 1. The Morgan fingerprint density at radius 3 is 2.82 bits per heavy atom. The van der Waals surface area contributed by atoms with Crippen LogP contribution >= 0.6 is 11.3 Å². The number of benzene rings is 1. The number of nitrogen functional groups attached to an aromatic ring is 1. The van der Waals surface area contributed by atoms with Crippen molar-refractivity contribution in [3.05, 3.63) is 47.0 Å². The first kappa shape index (κ1) is 11.6. The van der Waals surface area contributed by atoms with Crippen LogP contribution in [-0.4, -0.2) is 10.7 Å². The van der Waals surface area contributed by atoms with Crippen molar-refractivity contribution < 1.29 is 4.84 Å². The number of oxime groups is 1. The van der Waals surface area contributed by atoms with Crippen molar-refractivity contribution in [1.82, 2.24) is 4.98 Å². The molecule has 0 aliphatic rings. The van der Waals surface area contributed by atoms with Gasteiger partial charge < -0.3 is 10.6 Å². The minimum absolute atomic E-state index is 0.345. The van der Waals surface area contributed by atoms with Gasteiger partial charge in [0.1, 0.15) is 0 Å². The standard InChI is InChI=1S/C12H13N3OS/c1-9(10-5-3-2-4-6-10)15-16-7-11-8-17-12(13)14-11/h2-6,8H,7H2,1H3,(H2,13,14)/b15-9-. The molecule has 0 saturated heterocycles. The predicted molar refractivity (Wildman–Crippen MR) is 70.0 cm³/mol. The van der Waals surface area contributed by atoms with E-state index < -0.39 is 0 Å². The fourth-order valence-electron chi connectivity index (χ4n) is 1.32. The minimum atomic E-state index is 0.345. The number of anilines is 1. The molecular formula is C12H13N3OS. The first-order chi connectivity index (χ1) is 8.25. The molecule has 0 aliphatic carbocycles. The summed E-state index contributed by atoms with van der Waals surface area (Å²) in [4.78, 5) is 9.31. The molecule has 2 N–H and O–H groups in total. The van der Waals surface area contributed by atoms with E-state index in [2.05, 4.69) is 10.1 Å². The molecule has 2 aromatic rings. The van der Waals surface area contributed by atoms with Gasteiger partial charge in [0.2, 0.25) is 0 Å². The van der Waals surface area contributed by atoms with E-state index in [9.17, 15) is 0 Å². The van der Waals surface area contributed by atoms with Gasteiger partial charge in [-0.25, -0.2) is 4.98 Å². The van der Waals surface area contributed by atoms with Crippen LogP contribution in [0.15, 0.2) is 40.9 Å². The zero-order valence-corrected chi connectivity index (χ0v) is 10.3. The first-order valence-electron chi connectivity index (χ1n) is 5.17. The maximum atomic E-state index is 5.52. The van der Waals surface area contributed by atoms with Crippen LogP contribution in [0.1, 0.15) is 18.2 Å². The van der Waals surface area contributed by atoms with Crippen molar-refractivity contribution in [3.63, 3.8) is 0 Å². The smallest absolute Gasteiger partial charge is 0.180 e. The molecular weight excluding hydrogens is 234 g/mol. The van der Waals surface area contributed by atoms with Gasteiger partial charge >= 0.3 is 0 Å². The van der Waals surface area contributed by atoms with E-state index in [1.54, 1.807) is 0 Å². The summed E-state index contributed by atoms with van der Waals surface area (Å²) in [6.45, 7) is 2.25. The maximum Gasteiger partial charge on any atom is 0.180 e. The van der Waals surface area contributed by atoms with Crippen LogP contribution in [0.5, 0.6) is 0 Å². The number of hydrogen-bond acceptors (Lipinski definition) is 5. The second-order valence-electron chi connectivity index (χ2n) is 3.49. The molecule has 0 amide bonds. The number of nitrogens with two attached hydrogens (primary N) is 1. The molecule has 4 nitrogen and oxygen atoms in total. The summed E-state index contributed by atoms with van der Waals surface area (Å²) in [6, 6.07) is 9.88. The van der Waals surface area contributed by atoms with Gasteiger partial charge in [0.15, 0.2) is 11.7 Å². The summed E-state index contributed by atoms with van der Waals surface area (Å²) in [6.07, 6.45) is 0. The highest BCUT2D eigenvalue weighted by molar-refractivity contribution is 7.13. The molecule has 0 spiro atoms. The topological polar surface area (TPSA) is 60.5 Å². The summed E-state index contributed by atoms with van der Waals surface area (Å²) >= 11 is 1.40. The third-order valence-electron chi connectivity index (χ3n) is 2.17. The molecule has 0 radical (unpaired) electrons. The number of hydrogen-bond donors (Lipinski definition) is 1. The van der Waals surface area contributed by atoms with Gasteiger partial charge in [-0.2, -0.15) is 0 Å². The lowest BCUT2D eigenvalue weighted by molar-refractivity contribution is 0.128. The van der Waals surface area contributed by atoms with Crippen molar-refractivity contribution in [3.8, 4) is 0 Å². The largest absolute Gasteiger partial charge is 0.389 e. The average molecular weight is 247 g/mol. The lowest BCUT2D eigenvalue weighted by Gasteiger charge is -2.00. The highest BCUT2D eigenvalue weighted by Gasteiger charge is 1.99. The Morgan fingerprint density at radius 2 is 2.18 bits per heavy atom. The second kappa shape index (κ2) is 5.45. The molecule has 0 atom stereocenters. The maximum absolute atomic E-state index is 5.52. The molecule has 2 rings (SSSR count). The van der Waals surface area contributed by atoms with Gasteiger partial charge in [0.25, 0.3) is 0 Å². The van der Waals surface area contributed by atoms with Crippen molar-refractivity contribution in [2.75, 3.05) is 5.73 Å². The van der Waals surface area contributed by atoms with Crippen LogP contribution < -0.4 is 5.73 Å². The second-order valence-corrected chi connectivity index (χ2v) is 4.38. The van der Waals surface area contributed by atoms with Crippen LogP contribution in [0, 0.1) is 0 Å². The summed E-state index contributed by atoms with van der Waals surface area (Å²) < 4.78 is 0.